The van der Waals surface area contributed by atoms with Crippen LogP contribution in [0, 0.1) is 12.3 Å². The maximum atomic E-state index is 5.50. The summed E-state index contributed by atoms with van der Waals surface area (Å²) in [5.74, 6) is 3.99. The molecule has 0 bridgehead atoms. The molecule has 2 rings (SSSR count). The highest BCUT2D eigenvalue weighted by atomic mass is 32.2. The van der Waals surface area contributed by atoms with Gasteiger partial charge in [0.15, 0.2) is 0 Å². The number of hydrogen-bond donors (Lipinski definition) is 0. The van der Waals surface area contributed by atoms with Crippen molar-refractivity contribution in [3.8, 4) is 12.3 Å². The van der Waals surface area contributed by atoms with E-state index >= 15 is 0 Å². The lowest BCUT2D eigenvalue weighted by molar-refractivity contribution is 0.373. The molecule has 1 aliphatic rings. The van der Waals surface area contributed by atoms with E-state index in [-0.39, 0.29) is 0 Å². The van der Waals surface area contributed by atoms with Crippen LogP contribution < -0.4 is 0 Å². The summed E-state index contributed by atoms with van der Waals surface area (Å²) in [5.41, 5.74) is 2.88. The average Bonchev–Trinajstić information content (AvgIpc) is 2.37. The van der Waals surface area contributed by atoms with Gasteiger partial charge in [0.25, 0.3) is 0 Å². The second kappa shape index (κ2) is 4.55. The molecule has 0 atom stereocenters. The molecule has 0 fully saturated rings. The van der Waals surface area contributed by atoms with Crippen molar-refractivity contribution in [1.29, 1.82) is 0 Å². The minimum atomic E-state index is 0.368. The molecular formula is C15H18S. The van der Waals surface area contributed by atoms with E-state index in [9.17, 15) is 0 Å². The van der Waals surface area contributed by atoms with Crippen molar-refractivity contribution in [3.63, 3.8) is 0 Å². The molecular weight excluding hydrogens is 212 g/mol. The Balaban J connectivity index is 2.55. The number of fused-ring (bicyclic) bond motifs is 1. The second-order valence-electron chi connectivity index (χ2n) is 4.44. The molecule has 1 aromatic rings. The van der Waals surface area contributed by atoms with E-state index in [0.29, 0.717) is 5.41 Å². The fourth-order valence-electron chi connectivity index (χ4n) is 2.64. The smallest absolute Gasteiger partial charge is 0.0246 e. The topological polar surface area (TPSA) is 0 Å². The van der Waals surface area contributed by atoms with Gasteiger partial charge in [-0.25, -0.2) is 0 Å². The van der Waals surface area contributed by atoms with Gasteiger partial charge >= 0.3 is 0 Å². The van der Waals surface area contributed by atoms with Gasteiger partial charge in [0.1, 0.15) is 0 Å². The summed E-state index contributed by atoms with van der Waals surface area (Å²) in [5, 5.41) is 0. The zero-order chi connectivity index (χ0) is 11.6. The van der Waals surface area contributed by atoms with E-state index in [1.165, 1.54) is 35.5 Å². The van der Waals surface area contributed by atoms with Crippen LogP contribution in [0.3, 0.4) is 0 Å². The summed E-state index contributed by atoms with van der Waals surface area (Å²) >= 11 is 1.97. The van der Waals surface area contributed by atoms with Crippen molar-refractivity contribution < 1.29 is 0 Å². The van der Waals surface area contributed by atoms with Crippen LogP contribution in [0.15, 0.2) is 23.1 Å². The SMILES string of the molecule is C#Cc1ccc2c(c1)C(CC)(CC)CCS2. The largest absolute Gasteiger partial charge is 0.126 e. The third-order valence-corrected chi connectivity index (χ3v) is 4.98. The molecule has 1 heterocycles. The number of terminal acetylenes is 1. The molecule has 0 radical (unpaired) electrons. The molecule has 0 N–H and O–H groups in total. The number of hydrogen-bond acceptors (Lipinski definition) is 1. The van der Waals surface area contributed by atoms with Gasteiger partial charge in [-0.15, -0.1) is 18.2 Å². The third-order valence-electron chi connectivity index (χ3n) is 3.91. The zero-order valence-electron chi connectivity index (χ0n) is 10.0. The predicted octanol–water partition coefficient (Wildman–Crippen LogP) is 4.22. The summed E-state index contributed by atoms with van der Waals surface area (Å²) in [4.78, 5) is 1.44. The van der Waals surface area contributed by atoms with Gasteiger partial charge < -0.3 is 0 Å². The molecule has 0 unspecified atom stereocenters. The Morgan fingerprint density at radius 1 is 1.38 bits per heavy atom. The van der Waals surface area contributed by atoms with Crippen LogP contribution in [0.2, 0.25) is 0 Å². The lowest BCUT2D eigenvalue weighted by Crippen LogP contribution is -2.28. The quantitative estimate of drug-likeness (QED) is 0.685. The van der Waals surface area contributed by atoms with Crippen LogP contribution in [-0.2, 0) is 5.41 Å². The van der Waals surface area contributed by atoms with Gasteiger partial charge in [-0.3, -0.25) is 0 Å². The minimum absolute atomic E-state index is 0.368. The van der Waals surface area contributed by atoms with Gasteiger partial charge in [0, 0.05) is 10.5 Å². The van der Waals surface area contributed by atoms with Gasteiger partial charge in [-0.2, -0.15) is 0 Å². The van der Waals surface area contributed by atoms with E-state index < -0.39 is 0 Å². The van der Waals surface area contributed by atoms with Gasteiger partial charge in [-0.05, 0) is 54.2 Å². The first-order chi connectivity index (χ1) is 7.75. The zero-order valence-corrected chi connectivity index (χ0v) is 10.9. The van der Waals surface area contributed by atoms with Crippen molar-refractivity contribution in [3.05, 3.63) is 29.3 Å². The van der Waals surface area contributed by atoms with Crippen LogP contribution in [0.4, 0.5) is 0 Å². The first kappa shape index (κ1) is 11.6. The maximum Gasteiger partial charge on any atom is 0.0246 e. The third kappa shape index (κ3) is 1.76. The lowest BCUT2D eigenvalue weighted by Gasteiger charge is -2.37. The highest BCUT2D eigenvalue weighted by Gasteiger charge is 2.33. The fraction of sp³-hybridized carbons (Fsp3) is 0.467. The van der Waals surface area contributed by atoms with Crippen LogP contribution in [-0.4, -0.2) is 5.75 Å². The van der Waals surface area contributed by atoms with Crippen LogP contribution in [0.25, 0.3) is 0 Å². The molecule has 16 heavy (non-hydrogen) atoms. The predicted molar refractivity (Wildman–Crippen MR) is 72.0 cm³/mol. The molecule has 0 amide bonds. The Morgan fingerprint density at radius 2 is 2.12 bits per heavy atom. The maximum absolute atomic E-state index is 5.50. The number of benzene rings is 1. The van der Waals surface area contributed by atoms with E-state index in [0.717, 1.165) is 5.56 Å². The standard InChI is InChI=1S/C15H18S/c1-4-12-7-8-14-13(11-12)15(5-2,6-3)9-10-16-14/h1,7-8,11H,5-6,9-10H2,2-3H3. The first-order valence-electron chi connectivity index (χ1n) is 5.99. The van der Waals surface area contributed by atoms with Gasteiger partial charge in [0.05, 0.1) is 0 Å². The Labute approximate surface area is 103 Å². The molecule has 0 spiro atoms. The summed E-state index contributed by atoms with van der Waals surface area (Å²) in [6.07, 6.45) is 9.21. The van der Waals surface area contributed by atoms with Crippen molar-refractivity contribution in [2.45, 2.75) is 43.4 Å². The average molecular weight is 230 g/mol. The van der Waals surface area contributed by atoms with E-state index in [1.807, 2.05) is 11.8 Å². The highest BCUT2D eigenvalue weighted by Crippen LogP contribution is 2.46. The van der Waals surface area contributed by atoms with E-state index in [1.54, 1.807) is 0 Å². The fourth-order valence-corrected chi connectivity index (χ4v) is 3.94. The van der Waals surface area contributed by atoms with Crippen molar-refractivity contribution >= 4 is 11.8 Å². The Hall–Kier alpha value is -0.870. The number of rotatable bonds is 2. The molecule has 0 saturated carbocycles. The van der Waals surface area contributed by atoms with E-state index in [4.69, 9.17) is 6.42 Å². The van der Waals surface area contributed by atoms with Crippen LogP contribution >= 0.6 is 11.8 Å². The Morgan fingerprint density at radius 3 is 2.75 bits per heavy atom. The van der Waals surface area contributed by atoms with Crippen LogP contribution in [0.1, 0.15) is 44.2 Å². The lowest BCUT2D eigenvalue weighted by atomic mass is 9.73. The van der Waals surface area contributed by atoms with Gasteiger partial charge in [-0.1, -0.05) is 19.8 Å². The van der Waals surface area contributed by atoms with E-state index in [2.05, 4.69) is 38.0 Å². The normalized spacial score (nSPS) is 17.6. The Kier molecular flexibility index (Phi) is 3.30. The van der Waals surface area contributed by atoms with Crippen molar-refractivity contribution in [2.24, 2.45) is 0 Å². The van der Waals surface area contributed by atoms with Crippen molar-refractivity contribution in [1.82, 2.24) is 0 Å². The summed E-state index contributed by atoms with van der Waals surface area (Å²) in [6, 6.07) is 6.50. The van der Waals surface area contributed by atoms with Gasteiger partial charge in [0.2, 0.25) is 0 Å². The van der Waals surface area contributed by atoms with Crippen molar-refractivity contribution in [2.75, 3.05) is 5.75 Å². The highest BCUT2D eigenvalue weighted by molar-refractivity contribution is 7.99. The summed E-state index contributed by atoms with van der Waals surface area (Å²) in [6.45, 7) is 4.59. The molecule has 0 nitrogen and oxygen atoms in total. The first-order valence-corrected chi connectivity index (χ1v) is 6.98. The summed E-state index contributed by atoms with van der Waals surface area (Å²) in [7, 11) is 0. The van der Waals surface area contributed by atoms with Crippen LogP contribution in [0.5, 0.6) is 0 Å². The molecule has 1 aliphatic heterocycles. The number of thioether (sulfide) groups is 1. The Bertz CT molecular complexity index is 422. The molecule has 1 heteroatoms. The second-order valence-corrected chi connectivity index (χ2v) is 5.58. The minimum Gasteiger partial charge on any atom is -0.126 e. The molecule has 0 saturated heterocycles. The summed E-state index contributed by atoms with van der Waals surface area (Å²) < 4.78 is 0. The molecule has 0 aromatic heterocycles. The molecule has 84 valence electrons. The molecule has 1 aromatic carbocycles. The molecule has 0 aliphatic carbocycles. The monoisotopic (exact) mass is 230 g/mol.